The molecule has 0 radical (unpaired) electrons. The Morgan fingerprint density at radius 2 is 1.91 bits per heavy atom. The smallest absolute Gasteiger partial charge is 0.351 e. The Kier molecular flexibility index (Phi) is 4.00. The van der Waals surface area contributed by atoms with E-state index in [0.717, 1.165) is 6.42 Å². The number of aromatic nitrogens is 2. The van der Waals surface area contributed by atoms with Gasteiger partial charge in [-0.2, -0.15) is 13.2 Å². The molecular weight excluding hydrogens is 291 g/mol. The van der Waals surface area contributed by atoms with E-state index in [4.69, 9.17) is 0 Å². The predicted octanol–water partition coefficient (Wildman–Crippen LogP) is 3.94. The Labute approximate surface area is 126 Å². The molecule has 2 atom stereocenters. The fourth-order valence-electron chi connectivity index (χ4n) is 2.46. The van der Waals surface area contributed by atoms with Crippen LogP contribution in [0.25, 0.3) is 0 Å². The first-order chi connectivity index (χ1) is 10.5. The van der Waals surface area contributed by atoms with Crippen molar-refractivity contribution < 1.29 is 13.2 Å². The summed E-state index contributed by atoms with van der Waals surface area (Å²) in [5.41, 5.74) is 1.67. The third-order valence-corrected chi connectivity index (χ3v) is 3.71. The standard InChI is InChI=1S/C16H16F3N3/c17-16(18,19)8-6-12-7-9-20-15(21-12)22-14-10-13(14)11-4-2-1-3-5-11/h1-5,7,9,13-14H,6,8,10H2,(H,20,21,22)/t13-,14+/m0/s1. The maximum Gasteiger partial charge on any atom is 0.389 e. The molecule has 22 heavy (non-hydrogen) atoms. The summed E-state index contributed by atoms with van der Waals surface area (Å²) in [6.07, 6.45) is -2.65. The lowest BCUT2D eigenvalue weighted by Gasteiger charge is -2.08. The topological polar surface area (TPSA) is 37.8 Å². The third-order valence-electron chi connectivity index (χ3n) is 3.71. The molecule has 1 aromatic heterocycles. The number of hydrogen-bond donors (Lipinski definition) is 1. The lowest BCUT2D eigenvalue weighted by Crippen LogP contribution is -2.11. The molecule has 1 fully saturated rings. The van der Waals surface area contributed by atoms with Crippen molar-refractivity contribution in [2.75, 3.05) is 5.32 Å². The van der Waals surface area contributed by atoms with Gasteiger partial charge in [0.1, 0.15) is 0 Å². The van der Waals surface area contributed by atoms with Gasteiger partial charge in [0, 0.05) is 30.3 Å². The molecule has 3 nitrogen and oxygen atoms in total. The number of rotatable bonds is 5. The van der Waals surface area contributed by atoms with E-state index in [2.05, 4.69) is 27.4 Å². The van der Waals surface area contributed by atoms with Gasteiger partial charge in [-0.25, -0.2) is 9.97 Å². The summed E-state index contributed by atoms with van der Waals surface area (Å²) >= 11 is 0. The van der Waals surface area contributed by atoms with Gasteiger partial charge in [0.15, 0.2) is 0 Å². The van der Waals surface area contributed by atoms with Gasteiger partial charge in [0.05, 0.1) is 0 Å². The van der Waals surface area contributed by atoms with Gasteiger partial charge in [-0.3, -0.25) is 0 Å². The highest BCUT2D eigenvalue weighted by atomic mass is 19.4. The average Bonchev–Trinajstić information content (AvgIpc) is 3.25. The van der Waals surface area contributed by atoms with Crippen molar-refractivity contribution in [1.29, 1.82) is 0 Å². The van der Waals surface area contributed by atoms with Crippen LogP contribution in [0.5, 0.6) is 0 Å². The Bertz CT molecular complexity index is 628. The van der Waals surface area contributed by atoms with Crippen LogP contribution in [-0.4, -0.2) is 22.2 Å². The van der Waals surface area contributed by atoms with E-state index in [-0.39, 0.29) is 12.5 Å². The Morgan fingerprint density at radius 1 is 1.14 bits per heavy atom. The number of halogens is 3. The summed E-state index contributed by atoms with van der Waals surface area (Å²) in [5, 5.41) is 3.20. The Hall–Kier alpha value is -2.11. The van der Waals surface area contributed by atoms with Crippen molar-refractivity contribution in [2.45, 2.75) is 37.4 Å². The number of alkyl halides is 3. The number of aryl methyl sites for hydroxylation is 1. The van der Waals surface area contributed by atoms with E-state index in [0.29, 0.717) is 17.6 Å². The summed E-state index contributed by atoms with van der Waals surface area (Å²) < 4.78 is 36.7. The first-order valence-electron chi connectivity index (χ1n) is 7.21. The van der Waals surface area contributed by atoms with Crippen LogP contribution in [0.4, 0.5) is 19.1 Å². The maximum absolute atomic E-state index is 12.2. The number of anilines is 1. The third kappa shape index (κ3) is 3.96. The summed E-state index contributed by atoms with van der Waals surface area (Å²) in [7, 11) is 0. The molecule has 116 valence electrons. The molecule has 3 rings (SSSR count). The molecule has 0 amide bonds. The van der Waals surface area contributed by atoms with Gasteiger partial charge in [-0.1, -0.05) is 30.3 Å². The SMILES string of the molecule is FC(F)(F)CCc1ccnc(N[C@@H]2C[C@H]2c2ccccc2)n1. The zero-order valence-corrected chi connectivity index (χ0v) is 11.8. The number of nitrogens with one attached hydrogen (secondary N) is 1. The van der Waals surface area contributed by atoms with Crippen LogP contribution in [-0.2, 0) is 6.42 Å². The molecule has 0 spiro atoms. The minimum absolute atomic E-state index is 0.118. The van der Waals surface area contributed by atoms with Gasteiger partial charge in [-0.15, -0.1) is 0 Å². The second-order valence-corrected chi connectivity index (χ2v) is 5.49. The molecular formula is C16H16F3N3. The molecule has 1 aromatic carbocycles. The van der Waals surface area contributed by atoms with Crippen LogP contribution in [0.2, 0.25) is 0 Å². The van der Waals surface area contributed by atoms with Crippen LogP contribution in [0.15, 0.2) is 42.6 Å². The van der Waals surface area contributed by atoms with Crippen LogP contribution in [0, 0.1) is 0 Å². The van der Waals surface area contributed by atoms with Crippen LogP contribution in [0.1, 0.15) is 30.0 Å². The van der Waals surface area contributed by atoms with E-state index >= 15 is 0 Å². The molecule has 2 aromatic rings. The zero-order chi connectivity index (χ0) is 15.6. The zero-order valence-electron chi connectivity index (χ0n) is 11.8. The van der Waals surface area contributed by atoms with Crippen LogP contribution >= 0.6 is 0 Å². The molecule has 0 saturated heterocycles. The highest BCUT2D eigenvalue weighted by Crippen LogP contribution is 2.42. The first-order valence-corrected chi connectivity index (χ1v) is 7.21. The Balaban J connectivity index is 1.58. The van der Waals surface area contributed by atoms with Crippen LogP contribution in [0.3, 0.4) is 0 Å². The van der Waals surface area contributed by atoms with Gasteiger partial charge in [0.2, 0.25) is 5.95 Å². The molecule has 1 saturated carbocycles. The van der Waals surface area contributed by atoms with Gasteiger partial charge in [0.25, 0.3) is 0 Å². The first kappa shape index (κ1) is 14.8. The highest BCUT2D eigenvalue weighted by Gasteiger charge is 2.38. The summed E-state index contributed by atoms with van der Waals surface area (Å²) in [5.74, 6) is 0.826. The number of nitrogens with zero attached hydrogens (tertiary/aromatic N) is 2. The van der Waals surface area contributed by atoms with Gasteiger partial charge in [-0.05, 0) is 24.5 Å². The van der Waals surface area contributed by atoms with Crippen molar-refractivity contribution in [2.24, 2.45) is 0 Å². The monoisotopic (exact) mass is 307 g/mol. The van der Waals surface area contributed by atoms with Crippen molar-refractivity contribution in [3.05, 3.63) is 53.9 Å². The second kappa shape index (κ2) is 5.94. The van der Waals surface area contributed by atoms with Gasteiger partial charge >= 0.3 is 6.18 Å². The van der Waals surface area contributed by atoms with E-state index in [1.807, 2.05) is 18.2 Å². The van der Waals surface area contributed by atoms with Crippen molar-refractivity contribution in [3.63, 3.8) is 0 Å². The van der Waals surface area contributed by atoms with E-state index < -0.39 is 12.6 Å². The molecule has 0 aliphatic heterocycles. The number of benzene rings is 1. The van der Waals surface area contributed by atoms with E-state index in [9.17, 15) is 13.2 Å². The van der Waals surface area contributed by atoms with E-state index in [1.165, 1.54) is 17.8 Å². The summed E-state index contributed by atoms with van der Waals surface area (Å²) in [4.78, 5) is 8.25. The minimum atomic E-state index is -4.16. The minimum Gasteiger partial charge on any atom is -0.351 e. The molecule has 0 unspecified atom stereocenters. The molecule has 1 aliphatic rings. The largest absolute Gasteiger partial charge is 0.389 e. The van der Waals surface area contributed by atoms with Crippen molar-refractivity contribution >= 4 is 5.95 Å². The van der Waals surface area contributed by atoms with Crippen LogP contribution < -0.4 is 5.32 Å². The molecule has 1 heterocycles. The van der Waals surface area contributed by atoms with E-state index in [1.54, 1.807) is 0 Å². The average molecular weight is 307 g/mol. The van der Waals surface area contributed by atoms with Crippen molar-refractivity contribution in [1.82, 2.24) is 9.97 Å². The predicted molar refractivity (Wildman–Crippen MR) is 77.6 cm³/mol. The Morgan fingerprint density at radius 3 is 2.64 bits per heavy atom. The second-order valence-electron chi connectivity index (χ2n) is 5.49. The molecule has 6 heteroatoms. The highest BCUT2D eigenvalue weighted by molar-refractivity contribution is 5.37. The normalized spacial score (nSPS) is 20.7. The van der Waals surface area contributed by atoms with Gasteiger partial charge < -0.3 is 5.32 Å². The maximum atomic E-state index is 12.2. The lowest BCUT2D eigenvalue weighted by atomic mass is 10.1. The molecule has 1 aliphatic carbocycles. The fraction of sp³-hybridized carbons (Fsp3) is 0.375. The quantitative estimate of drug-likeness (QED) is 0.909. The molecule has 1 N–H and O–H groups in total. The lowest BCUT2D eigenvalue weighted by molar-refractivity contribution is -0.134. The molecule has 0 bridgehead atoms. The summed E-state index contributed by atoms with van der Waals surface area (Å²) in [6, 6.07) is 11.9. The fourth-order valence-corrected chi connectivity index (χ4v) is 2.46. The number of hydrogen-bond acceptors (Lipinski definition) is 3. The van der Waals surface area contributed by atoms with Crippen molar-refractivity contribution in [3.8, 4) is 0 Å². The summed E-state index contributed by atoms with van der Waals surface area (Å²) in [6.45, 7) is 0.